The number of ether oxygens (including phenoxy) is 1. The number of halogens is 4. The second-order valence-corrected chi connectivity index (χ2v) is 7.46. The summed E-state index contributed by atoms with van der Waals surface area (Å²) >= 11 is 9.70. The Morgan fingerprint density at radius 3 is 2.38 bits per heavy atom. The van der Waals surface area contributed by atoms with Gasteiger partial charge in [0, 0.05) is 17.0 Å². The number of carboxylic acid groups (broad SMARTS) is 1. The zero-order chi connectivity index (χ0) is 23.7. The maximum Gasteiger partial charge on any atom is 0.416 e. The van der Waals surface area contributed by atoms with Crippen LogP contribution in [-0.2, 0) is 17.5 Å². The van der Waals surface area contributed by atoms with Gasteiger partial charge >= 0.3 is 12.1 Å². The largest absolute Gasteiger partial charge is 0.481 e. The van der Waals surface area contributed by atoms with Crippen molar-refractivity contribution < 1.29 is 27.8 Å². The van der Waals surface area contributed by atoms with Crippen molar-refractivity contribution in [2.75, 3.05) is 13.7 Å². The third-order valence-corrected chi connectivity index (χ3v) is 4.98. The average Bonchev–Trinajstić information content (AvgIpc) is 2.75. The molecule has 0 atom stereocenters. The maximum atomic E-state index is 12.9. The molecule has 0 saturated carbocycles. The fourth-order valence-corrected chi connectivity index (χ4v) is 2.99. The SMILES string of the molecule is CNCc1ccc(OCC(=O)O)c(-c2cccc(C(F)(F)F)c2)c1.Sc1ccccc1Cl. The second-order valence-electron chi connectivity index (χ2n) is 6.57. The highest BCUT2D eigenvalue weighted by Crippen LogP contribution is 2.36. The van der Waals surface area contributed by atoms with Crippen molar-refractivity contribution >= 4 is 30.2 Å². The zero-order valence-corrected chi connectivity index (χ0v) is 18.6. The molecule has 0 fully saturated rings. The Morgan fingerprint density at radius 1 is 1.09 bits per heavy atom. The lowest BCUT2D eigenvalue weighted by Crippen LogP contribution is -2.11. The molecule has 3 rings (SSSR count). The van der Waals surface area contributed by atoms with E-state index in [2.05, 4.69) is 17.9 Å². The molecule has 0 amide bonds. The average molecular weight is 484 g/mol. The first-order chi connectivity index (χ1) is 15.1. The van der Waals surface area contributed by atoms with Gasteiger partial charge in [0.05, 0.1) is 10.6 Å². The molecule has 170 valence electrons. The Morgan fingerprint density at radius 2 is 1.81 bits per heavy atom. The number of carbonyl (C=O) groups is 1. The molecule has 2 N–H and O–H groups in total. The summed E-state index contributed by atoms with van der Waals surface area (Å²) in [7, 11) is 1.75. The van der Waals surface area contributed by atoms with Crippen LogP contribution >= 0.6 is 24.2 Å². The molecule has 3 aromatic rings. The first-order valence-electron chi connectivity index (χ1n) is 9.35. The van der Waals surface area contributed by atoms with E-state index in [0.717, 1.165) is 22.6 Å². The molecule has 32 heavy (non-hydrogen) atoms. The van der Waals surface area contributed by atoms with Crippen molar-refractivity contribution in [3.63, 3.8) is 0 Å². The van der Waals surface area contributed by atoms with E-state index in [1.54, 1.807) is 25.2 Å². The van der Waals surface area contributed by atoms with Crippen LogP contribution in [-0.4, -0.2) is 24.7 Å². The van der Waals surface area contributed by atoms with Crippen molar-refractivity contribution in [3.05, 3.63) is 82.9 Å². The van der Waals surface area contributed by atoms with Gasteiger partial charge in [-0.25, -0.2) is 4.79 Å². The lowest BCUT2D eigenvalue weighted by molar-refractivity contribution is -0.139. The van der Waals surface area contributed by atoms with Crippen molar-refractivity contribution in [1.29, 1.82) is 0 Å². The molecule has 0 aliphatic rings. The van der Waals surface area contributed by atoms with Gasteiger partial charge in [0.2, 0.25) is 0 Å². The summed E-state index contributed by atoms with van der Waals surface area (Å²) in [5, 5.41) is 12.4. The zero-order valence-electron chi connectivity index (χ0n) is 17.0. The van der Waals surface area contributed by atoms with E-state index < -0.39 is 24.3 Å². The second kappa shape index (κ2) is 11.8. The van der Waals surface area contributed by atoms with Crippen molar-refractivity contribution in [2.45, 2.75) is 17.6 Å². The summed E-state index contributed by atoms with van der Waals surface area (Å²) < 4.78 is 44.0. The molecule has 0 spiro atoms. The Kier molecular flexibility index (Phi) is 9.43. The Bertz CT molecular complexity index is 1040. The Balaban J connectivity index is 0.000000380. The van der Waals surface area contributed by atoms with Crippen LogP contribution in [0.3, 0.4) is 0 Å². The van der Waals surface area contributed by atoms with E-state index in [0.29, 0.717) is 22.7 Å². The van der Waals surface area contributed by atoms with Crippen LogP contribution in [0.25, 0.3) is 11.1 Å². The molecule has 0 saturated heterocycles. The van der Waals surface area contributed by atoms with Crippen LogP contribution in [0.15, 0.2) is 71.6 Å². The van der Waals surface area contributed by atoms with Crippen LogP contribution < -0.4 is 10.1 Å². The fraction of sp³-hybridized carbons (Fsp3) is 0.174. The molecule has 3 aromatic carbocycles. The van der Waals surface area contributed by atoms with Gasteiger partial charge in [-0.05, 0) is 54.6 Å². The molecule has 0 aliphatic heterocycles. The maximum absolute atomic E-state index is 12.9. The fourth-order valence-electron chi connectivity index (χ4n) is 2.70. The number of rotatable bonds is 6. The van der Waals surface area contributed by atoms with Gasteiger partial charge in [-0.15, -0.1) is 12.6 Å². The molecule has 0 unspecified atom stereocenters. The summed E-state index contributed by atoms with van der Waals surface area (Å²) in [6.07, 6.45) is -4.46. The van der Waals surface area contributed by atoms with E-state index in [-0.39, 0.29) is 5.75 Å². The van der Waals surface area contributed by atoms with E-state index in [1.807, 2.05) is 24.3 Å². The van der Waals surface area contributed by atoms with Crippen molar-refractivity contribution in [1.82, 2.24) is 5.32 Å². The van der Waals surface area contributed by atoms with Gasteiger partial charge in [-0.3, -0.25) is 0 Å². The van der Waals surface area contributed by atoms with E-state index in [1.165, 1.54) is 12.1 Å². The number of nitrogens with one attached hydrogen (secondary N) is 1. The van der Waals surface area contributed by atoms with E-state index >= 15 is 0 Å². The van der Waals surface area contributed by atoms with Gasteiger partial charge < -0.3 is 15.2 Å². The predicted molar refractivity (Wildman–Crippen MR) is 121 cm³/mol. The molecular weight excluding hydrogens is 463 g/mol. The monoisotopic (exact) mass is 483 g/mol. The summed E-state index contributed by atoms with van der Waals surface area (Å²) in [6, 6.07) is 17.3. The van der Waals surface area contributed by atoms with Crippen molar-refractivity contribution in [2.24, 2.45) is 0 Å². The van der Waals surface area contributed by atoms with Crippen LogP contribution in [0.5, 0.6) is 5.75 Å². The predicted octanol–water partition coefficient (Wildman–Crippen LogP) is 6.18. The number of aliphatic carboxylic acids is 1. The molecule has 0 heterocycles. The normalized spacial score (nSPS) is 10.8. The summed E-state index contributed by atoms with van der Waals surface area (Å²) in [4.78, 5) is 11.5. The number of thiol groups is 1. The minimum Gasteiger partial charge on any atom is -0.481 e. The molecule has 4 nitrogen and oxygen atoms in total. The topological polar surface area (TPSA) is 58.6 Å². The molecule has 0 radical (unpaired) electrons. The van der Waals surface area contributed by atoms with Gasteiger partial charge in [-0.1, -0.05) is 41.9 Å². The van der Waals surface area contributed by atoms with Crippen LogP contribution in [0.4, 0.5) is 13.2 Å². The first kappa shape index (κ1) is 25.6. The molecule has 9 heteroatoms. The first-order valence-corrected chi connectivity index (χ1v) is 10.2. The smallest absolute Gasteiger partial charge is 0.416 e. The molecular formula is C23H21ClF3NO3S. The van der Waals surface area contributed by atoms with Crippen LogP contribution in [0.1, 0.15) is 11.1 Å². The number of hydrogen-bond donors (Lipinski definition) is 3. The lowest BCUT2D eigenvalue weighted by Gasteiger charge is -2.14. The third kappa shape index (κ3) is 7.78. The standard InChI is InChI=1S/C17H16F3NO3.C6H5ClS/c1-21-9-11-5-6-15(24-10-16(22)23)14(7-11)12-3-2-4-13(8-12)17(18,19)20;7-5-3-1-2-4-6(5)8/h2-8,21H,9-10H2,1H3,(H,22,23);1-4,8H. The minimum absolute atomic E-state index is 0.219. The highest BCUT2D eigenvalue weighted by Gasteiger charge is 2.30. The van der Waals surface area contributed by atoms with Gasteiger partial charge in [0.25, 0.3) is 0 Å². The number of benzene rings is 3. The van der Waals surface area contributed by atoms with Crippen LogP contribution in [0.2, 0.25) is 5.02 Å². The Labute approximate surface area is 194 Å². The molecule has 0 bridgehead atoms. The highest BCUT2D eigenvalue weighted by atomic mass is 35.5. The highest BCUT2D eigenvalue weighted by molar-refractivity contribution is 7.80. The number of carboxylic acids is 1. The van der Waals surface area contributed by atoms with E-state index in [9.17, 15) is 18.0 Å². The number of hydrogen-bond acceptors (Lipinski definition) is 4. The van der Waals surface area contributed by atoms with Crippen LogP contribution in [0, 0.1) is 0 Å². The quantitative estimate of drug-likeness (QED) is 0.366. The number of alkyl halides is 3. The van der Waals surface area contributed by atoms with E-state index in [4.69, 9.17) is 21.4 Å². The Hall–Kier alpha value is -2.68. The summed E-state index contributed by atoms with van der Waals surface area (Å²) in [5.74, 6) is -0.944. The minimum atomic E-state index is -4.46. The van der Waals surface area contributed by atoms with Gasteiger partial charge in [0.1, 0.15) is 5.75 Å². The summed E-state index contributed by atoms with van der Waals surface area (Å²) in [6.45, 7) is -0.0531. The van der Waals surface area contributed by atoms with Gasteiger partial charge in [0.15, 0.2) is 6.61 Å². The molecule has 0 aliphatic carbocycles. The summed E-state index contributed by atoms with van der Waals surface area (Å²) in [5.41, 5.74) is 0.786. The lowest BCUT2D eigenvalue weighted by atomic mass is 9.99. The van der Waals surface area contributed by atoms with Crippen molar-refractivity contribution in [3.8, 4) is 16.9 Å². The third-order valence-electron chi connectivity index (χ3n) is 4.13. The van der Waals surface area contributed by atoms with Gasteiger partial charge in [-0.2, -0.15) is 13.2 Å². The molecule has 0 aromatic heterocycles.